The van der Waals surface area contributed by atoms with Crippen LogP contribution in [0.2, 0.25) is 5.02 Å². The molecule has 0 unspecified atom stereocenters. The summed E-state index contributed by atoms with van der Waals surface area (Å²) in [7, 11) is 0. The number of pyridine rings is 1. The van der Waals surface area contributed by atoms with Crippen LogP contribution in [0.1, 0.15) is 24.1 Å². The lowest BCUT2D eigenvalue weighted by Gasteiger charge is -2.19. The minimum atomic E-state index is 0.0677. The number of fused-ring (bicyclic) bond motifs is 1. The molecule has 2 heterocycles. The maximum atomic E-state index is 13.2. The number of carbonyl (C=O) groups is 1. The molecule has 0 bridgehead atoms. The highest BCUT2D eigenvalue weighted by molar-refractivity contribution is 7.99. The molecule has 4 nitrogen and oxygen atoms in total. The van der Waals surface area contributed by atoms with Gasteiger partial charge in [0.15, 0.2) is 5.13 Å². The number of halogens is 1. The molecule has 1 amide bonds. The number of amides is 1. The van der Waals surface area contributed by atoms with Gasteiger partial charge in [0.2, 0.25) is 5.91 Å². The molecule has 7 heteroatoms. The highest BCUT2D eigenvalue weighted by Gasteiger charge is 2.20. The molecule has 0 spiro atoms. The van der Waals surface area contributed by atoms with Gasteiger partial charge in [-0.25, -0.2) is 4.98 Å². The van der Waals surface area contributed by atoms with Crippen molar-refractivity contribution in [1.29, 1.82) is 0 Å². The van der Waals surface area contributed by atoms with Crippen LogP contribution in [0.3, 0.4) is 0 Å². The van der Waals surface area contributed by atoms with E-state index in [2.05, 4.69) is 18.0 Å². The summed E-state index contributed by atoms with van der Waals surface area (Å²) in [6, 6.07) is 19.7. The minimum Gasteiger partial charge on any atom is -0.282 e. The molecule has 0 aliphatic heterocycles. The van der Waals surface area contributed by atoms with Crippen LogP contribution in [-0.4, -0.2) is 21.6 Å². The molecule has 2 aromatic heterocycles. The third kappa shape index (κ3) is 5.85. The molecule has 31 heavy (non-hydrogen) atoms. The quantitative estimate of drug-likeness (QED) is 0.212. The van der Waals surface area contributed by atoms with Crippen LogP contribution >= 0.6 is 34.7 Å². The summed E-state index contributed by atoms with van der Waals surface area (Å²) in [4.78, 5) is 25.3. The lowest BCUT2D eigenvalue weighted by Crippen LogP contribution is -2.30. The Morgan fingerprint density at radius 1 is 1.13 bits per heavy atom. The van der Waals surface area contributed by atoms with Crippen molar-refractivity contribution in [2.45, 2.75) is 31.2 Å². The fourth-order valence-corrected chi connectivity index (χ4v) is 5.19. The summed E-state index contributed by atoms with van der Waals surface area (Å²) in [6.07, 6.45) is 3.00. The van der Waals surface area contributed by atoms with Crippen molar-refractivity contribution in [3.63, 3.8) is 0 Å². The second-order valence-electron chi connectivity index (χ2n) is 7.17. The molecule has 0 fully saturated rings. The van der Waals surface area contributed by atoms with Gasteiger partial charge in [0, 0.05) is 22.5 Å². The van der Waals surface area contributed by atoms with Gasteiger partial charge >= 0.3 is 0 Å². The fraction of sp³-hybridized carbons (Fsp3) is 0.208. The van der Waals surface area contributed by atoms with Crippen molar-refractivity contribution in [2.24, 2.45) is 0 Å². The first-order valence-corrected chi connectivity index (χ1v) is 12.2. The van der Waals surface area contributed by atoms with Gasteiger partial charge in [0.25, 0.3) is 0 Å². The Balaban J connectivity index is 1.46. The van der Waals surface area contributed by atoms with Crippen LogP contribution in [0.5, 0.6) is 0 Å². The number of aromatic nitrogens is 2. The number of rotatable bonds is 8. The Labute approximate surface area is 195 Å². The molecule has 0 radical (unpaired) electrons. The lowest BCUT2D eigenvalue weighted by molar-refractivity contribution is -0.118. The summed E-state index contributed by atoms with van der Waals surface area (Å²) >= 11 is 9.23. The predicted molar refractivity (Wildman–Crippen MR) is 131 cm³/mol. The Bertz CT molecular complexity index is 1160. The van der Waals surface area contributed by atoms with E-state index in [4.69, 9.17) is 16.6 Å². The zero-order valence-corrected chi connectivity index (χ0v) is 19.5. The van der Waals surface area contributed by atoms with Gasteiger partial charge in [0.05, 0.1) is 22.5 Å². The van der Waals surface area contributed by atoms with E-state index >= 15 is 0 Å². The molecule has 0 aliphatic rings. The molecule has 0 atom stereocenters. The van der Waals surface area contributed by atoms with Crippen LogP contribution in [0, 0.1) is 6.92 Å². The zero-order chi connectivity index (χ0) is 21.6. The zero-order valence-electron chi connectivity index (χ0n) is 17.1. The van der Waals surface area contributed by atoms with Crippen molar-refractivity contribution in [1.82, 2.24) is 9.97 Å². The largest absolute Gasteiger partial charge is 0.282 e. The Hall–Kier alpha value is -2.41. The van der Waals surface area contributed by atoms with Crippen molar-refractivity contribution in [2.75, 3.05) is 10.7 Å². The number of thiazole rings is 1. The monoisotopic (exact) mass is 467 g/mol. The van der Waals surface area contributed by atoms with Crippen LogP contribution in [-0.2, 0) is 11.3 Å². The molecular formula is C24H22ClN3OS2. The van der Waals surface area contributed by atoms with Gasteiger partial charge in [-0.2, -0.15) is 0 Å². The molecule has 0 N–H and O–H groups in total. The normalized spacial score (nSPS) is 11.0. The second-order valence-corrected chi connectivity index (χ2v) is 9.79. The predicted octanol–water partition coefficient (Wildman–Crippen LogP) is 6.76. The fourth-order valence-electron chi connectivity index (χ4n) is 3.13. The average Bonchev–Trinajstić information content (AvgIpc) is 3.19. The smallest absolute Gasteiger partial charge is 0.229 e. The summed E-state index contributed by atoms with van der Waals surface area (Å²) in [5.74, 6) is 0.933. The first-order chi connectivity index (χ1) is 15.1. The molecule has 158 valence electrons. The van der Waals surface area contributed by atoms with E-state index < -0.39 is 0 Å². The minimum absolute atomic E-state index is 0.0677. The SMILES string of the molecule is Cc1ccc2nc(N(Cc3ccccn3)C(=O)CCCSc3ccc(Cl)cc3)sc2c1. The van der Waals surface area contributed by atoms with Crippen molar-refractivity contribution < 1.29 is 4.79 Å². The number of hydrogen-bond donors (Lipinski definition) is 0. The van der Waals surface area contributed by atoms with E-state index in [9.17, 15) is 4.79 Å². The summed E-state index contributed by atoms with van der Waals surface area (Å²) in [5.41, 5.74) is 2.95. The molecule has 2 aromatic carbocycles. The number of benzene rings is 2. The van der Waals surface area contributed by atoms with E-state index in [1.54, 1.807) is 34.2 Å². The van der Waals surface area contributed by atoms with Crippen molar-refractivity contribution in [3.05, 3.63) is 83.1 Å². The van der Waals surface area contributed by atoms with Crippen LogP contribution in [0.4, 0.5) is 5.13 Å². The molecule has 0 saturated heterocycles. The molecule has 4 rings (SSSR count). The van der Waals surface area contributed by atoms with Gasteiger partial charge in [0.1, 0.15) is 0 Å². The third-order valence-electron chi connectivity index (χ3n) is 4.73. The summed E-state index contributed by atoms with van der Waals surface area (Å²) in [5, 5.41) is 1.46. The Morgan fingerprint density at radius 3 is 2.74 bits per heavy atom. The second kappa shape index (κ2) is 10.3. The van der Waals surface area contributed by atoms with Crippen LogP contribution < -0.4 is 4.90 Å². The summed E-state index contributed by atoms with van der Waals surface area (Å²) in [6.45, 7) is 2.48. The number of carbonyl (C=O) groups excluding carboxylic acids is 1. The van der Waals surface area contributed by atoms with Crippen LogP contribution in [0.15, 0.2) is 71.8 Å². The maximum Gasteiger partial charge on any atom is 0.229 e. The lowest BCUT2D eigenvalue weighted by atomic mass is 10.2. The average molecular weight is 468 g/mol. The molecule has 4 aromatic rings. The number of aryl methyl sites for hydroxylation is 1. The van der Waals surface area contributed by atoms with E-state index in [1.807, 2.05) is 54.6 Å². The van der Waals surface area contributed by atoms with E-state index in [1.165, 1.54) is 5.56 Å². The van der Waals surface area contributed by atoms with Gasteiger partial charge < -0.3 is 0 Å². The third-order valence-corrected chi connectivity index (χ3v) is 7.12. The highest BCUT2D eigenvalue weighted by Crippen LogP contribution is 2.31. The highest BCUT2D eigenvalue weighted by atomic mass is 35.5. The number of nitrogens with zero attached hydrogens (tertiary/aromatic N) is 3. The van der Waals surface area contributed by atoms with Gasteiger partial charge in [-0.05, 0) is 73.2 Å². The molecular weight excluding hydrogens is 446 g/mol. The van der Waals surface area contributed by atoms with Gasteiger partial charge in [-0.1, -0.05) is 35.1 Å². The molecule has 0 aliphatic carbocycles. The number of thioether (sulfide) groups is 1. The van der Waals surface area contributed by atoms with Crippen molar-refractivity contribution in [3.8, 4) is 0 Å². The number of anilines is 1. The standard InChI is InChI=1S/C24H22ClN3OS2/c1-17-7-12-21-22(15-17)31-24(27-21)28(16-19-5-2-3-13-26-19)23(29)6-4-14-30-20-10-8-18(25)9-11-20/h2-3,5,7-13,15H,4,6,14,16H2,1H3. The van der Waals surface area contributed by atoms with Crippen LogP contribution in [0.25, 0.3) is 10.2 Å². The Morgan fingerprint density at radius 2 is 1.97 bits per heavy atom. The van der Waals surface area contributed by atoms with Gasteiger partial charge in [-0.3, -0.25) is 14.7 Å². The topological polar surface area (TPSA) is 46.1 Å². The Kier molecular flexibility index (Phi) is 7.22. The van der Waals surface area contributed by atoms with Gasteiger partial charge in [-0.15, -0.1) is 11.8 Å². The van der Waals surface area contributed by atoms with Crippen molar-refractivity contribution >= 4 is 56.0 Å². The molecule has 0 saturated carbocycles. The van der Waals surface area contributed by atoms with E-state index in [0.29, 0.717) is 13.0 Å². The van der Waals surface area contributed by atoms with E-state index in [0.717, 1.165) is 43.1 Å². The van der Waals surface area contributed by atoms with E-state index in [-0.39, 0.29) is 5.91 Å². The first kappa shape index (κ1) is 21.8. The first-order valence-electron chi connectivity index (χ1n) is 10.0. The maximum absolute atomic E-state index is 13.2. The summed E-state index contributed by atoms with van der Waals surface area (Å²) < 4.78 is 1.09. The number of hydrogen-bond acceptors (Lipinski definition) is 5.